The van der Waals surface area contributed by atoms with E-state index in [-0.39, 0.29) is 5.91 Å². The van der Waals surface area contributed by atoms with Crippen molar-refractivity contribution < 1.29 is 4.79 Å². The summed E-state index contributed by atoms with van der Waals surface area (Å²) in [6, 6.07) is 0.440. The quantitative estimate of drug-likeness (QED) is 0.733. The van der Waals surface area contributed by atoms with Crippen molar-refractivity contribution in [3.63, 3.8) is 0 Å². The van der Waals surface area contributed by atoms with E-state index in [1.165, 1.54) is 0 Å². The Bertz CT molecular complexity index is 367. The molecule has 1 heterocycles. The molecule has 1 unspecified atom stereocenters. The fourth-order valence-electron chi connectivity index (χ4n) is 3.42. The van der Waals surface area contributed by atoms with Crippen molar-refractivity contribution in [1.82, 2.24) is 9.80 Å². The lowest BCUT2D eigenvalue weighted by molar-refractivity contribution is -0.142. The molecule has 1 saturated heterocycles. The van der Waals surface area contributed by atoms with Crippen LogP contribution >= 0.6 is 12.2 Å². The molecule has 1 rings (SSSR count). The Balaban J connectivity index is 2.97. The molecule has 21 heavy (non-hydrogen) atoms. The average Bonchev–Trinajstić information content (AvgIpc) is 2.46. The highest BCUT2D eigenvalue weighted by Gasteiger charge is 2.43. The molecule has 0 radical (unpaired) electrons. The smallest absolute Gasteiger partial charge is 0.235 e. The zero-order valence-corrected chi connectivity index (χ0v) is 14.8. The van der Waals surface area contributed by atoms with E-state index in [0.717, 1.165) is 51.7 Å². The van der Waals surface area contributed by atoms with Crippen LogP contribution in [0.4, 0.5) is 0 Å². The van der Waals surface area contributed by atoms with Gasteiger partial charge >= 0.3 is 0 Å². The minimum Gasteiger partial charge on any atom is -0.392 e. The maximum atomic E-state index is 13.1. The van der Waals surface area contributed by atoms with E-state index < -0.39 is 5.41 Å². The van der Waals surface area contributed by atoms with Crippen molar-refractivity contribution in [2.75, 3.05) is 26.7 Å². The molecular weight excluding hydrogens is 282 g/mol. The predicted molar refractivity (Wildman–Crippen MR) is 92.3 cm³/mol. The number of rotatable bonds is 7. The lowest BCUT2D eigenvalue weighted by Gasteiger charge is -2.43. The van der Waals surface area contributed by atoms with Gasteiger partial charge in [-0.25, -0.2) is 0 Å². The third-order valence-electron chi connectivity index (χ3n) is 4.77. The first-order valence-electron chi connectivity index (χ1n) is 8.22. The van der Waals surface area contributed by atoms with Gasteiger partial charge < -0.3 is 10.6 Å². The second kappa shape index (κ2) is 8.08. The van der Waals surface area contributed by atoms with Crippen molar-refractivity contribution in [2.45, 2.75) is 58.9 Å². The van der Waals surface area contributed by atoms with Gasteiger partial charge in [-0.05, 0) is 26.3 Å². The van der Waals surface area contributed by atoms with Crippen molar-refractivity contribution in [1.29, 1.82) is 0 Å². The average molecular weight is 314 g/mol. The molecule has 0 saturated carbocycles. The van der Waals surface area contributed by atoms with E-state index in [1.54, 1.807) is 0 Å². The summed E-state index contributed by atoms with van der Waals surface area (Å²) in [4.78, 5) is 17.9. The van der Waals surface area contributed by atoms with Gasteiger partial charge in [0.25, 0.3) is 0 Å². The van der Waals surface area contributed by atoms with E-state index in [4.69, 9.17) is 18.0 Å². The van der Waals surface area contributed by atoms with E-state index in [0.29, 0.717) is 11.0 Å². The second-order valence-corrected chi connectivity index (χ2v) is 6.68. The van der Waals surface area contributed by atoms with Crippen LogP contribution < -0.4 is 5.73 Å². The molecule has 0 aromatic carbocycles. The Morgan fingerprint density at radius 2 is 1.81 bits per heavy atom. The number of hydrogen-bond acceptors (Lipinski definition) is 3. The van der Waals surface area contributed by atoms with Crippen LogP contribution in [0.2, 0.25) is 0 Å². The van der Waals surface area contributed by atoms with Gasteiger partial charge in [0, 0.05) is 25.7 Å². The van der Waals surface area contributed by atoms with E-state index >= 15 is 0 Å². The van der Waals surface area contributed by atoms with Gasteiger partial charge in [0.2, 0.25) is 5.91 Å². The van der Waals surface area contributed by atoms with E-state index in [1.807, 2.05) is 4.90 Å². The van der Waals surface area contributed by atoms with Crippen LogP contribution in [0, 0.1) is 5.41 Å². The molecule has 0 bridgehead atoms. The zero-order valence-electron chi connectivity index (χ0n) is 14.0. The first kappa shape index (κ1) is 18.4. The largest absolute Gasteiger partial charge is 0.392 e. The standard InChI is InChI=1S/C16H31N3OS/c1-5-8-16(9-6-2,14(17)21)15(20)19-11-10-18(4)13(7-3)12-19/h13H,5-12H2,1-4H3,(H2,17,21). The molecule has 0 spiro atoms. The van der Waals surface area contributed by atoms with Gasteiger partial charge in [0.1, 0.15) is 0 Å². The first-order valence-corrected chi connectivity index (χ1v) is 8.63. The summed E-state index contributed by atoms with van der Waals surface area (Å²) in [6.07, 6.45) is 4.43. The SMILES string of the molecule is CCCC(CCC)(C(=O)N1CCN(C)C(CC)C1)C(N)=S. The molecule has 1 atom stereocenters. The molecule has 1 fully saturated rings. The summed E-state index contributed by atoms with van der Waals surface area (Å²) in [5.74, 6) is 0.158. The molecule has 1 amide bonds. The van der Waals surface area contributed by atoms with Crippen molar-refractivity contribution in [3.05, 3.63) is 0 Å². The number of piperazine rings is 1. The highest BCUT2D eigenvalue weighted by atomic mass is 32.1. The third kappa shape index (κ3) is 3.95. The first-order chi connectivity index (χ1) is 9.92. The maximum Gasteiger partial charge on any atom is 0.235 e. The van der Waals surface area contributed by atoms with Gasteiger partial charge in [-0.2, -0.15) is 0 Å². The maximum absolute atomic E-state index is 13.1. The highest BCUT2D eigenvalue weighted by molar-refractivity contribution is 7.80. The molecule has 1 aliphatic rings. The van der Waals surface area contributed by atoms with Crippen molar-refractivity contribution in [2.24, 2.45) is 11.1 Å². The molecular formula is C16H31N3OS. The van der Waals surface area contributed by atoms with Crippen LogP contribution in [-0.4, -0.2) is 53.4 Å². The molecule has 4 nitrogen and oxygen atoms in total. The number of carbonyl (C=O) groups is 1. The number of likely N-dealkylation sites (N-methyl/N-ethyl adjacent to an activating group) is 1. The molecule has 0 aliphatic carbocycles. The summed E-state index contributed by atoms with van der Waals surface area (Å²) in [7, 11) is 2.13. The Labute approximate surface area is 135 Å². The van der Waals surface area contributed by atoms with Crippen LogP contribution in [0.15, 0.2) is 0 Å². The van der Waals surface area contributed by atoms with Gasteiger partial charge in [0.05, 0.1) is 10.4 Å². The van der Waals surface area contributed by atoms with E-state index in [9.17, 15) is 4.79 Å². The number of carbonyl (C=O) groups excluding carboxylic acids is 1. The fourth-order valence-corrected chi connectivity index (χ4v) is 3.71. The van der Waals surface area contributed by atoms with Gasteiger partial charge in [0.15, 0.2) is 0 Å². The lowest BCUT2D eigenvalue weighted by atomic mass is 9.77. The number of nitrogens with two attached hydrogens (primary N) is 1. The minimum absolute atomic E-state index is 0.158. The molecule has 1 aliphatic heterocycles. The number of amides is 1. The molecule has 122 valence electrons. The summed E-state index contributed by atoms with van der Waals surface area (Å²) in [6.45, 7) is 8.86. The fraction of sp³-hybridized carbons (Fsp3) is 0.875. The summed E-state index contributed by atoms with van der Waals surface area (Å²) in [5, 5.41) is 0. The Kier molecular flexibility index (Phi) is 7.07. The Morgan fingerprint density at radius 3 is 2.24 bits per heavy atom. The Morgan fingerprint density at radius 1 is 1.24 bits per heavy atom. The normalized spacial score (nSPS) is 20.6. The van der Waals surface area contributed by atoms with Crippen LogP contribution in [0.5, 0.6) is 0 Å². The zero-order chi connectivity index (χ0) is 16.0. The van der Waals surface area contributed by atoms with Crippen LogP contribution in [0.1, 0.15) is 52.9 Å². The van der Waals surface area contributed by atoms with Gasteiger partial charge in [-0.3, -0.25) is 9.69 Å². The number of hydrogen-bond donors (Lipinski definition) is 1. The van der Waals surface area contributed by atoms with Crippen LogP contribution in [0.3, 0.4) is 0 Å². The van der Waals surface area contributed by atoms with Crippen molar-refractivity contribution >= 4 is 23.1 Å². The molecule has 2 N–H and O–H groups in total. The topological polar surface area (TPSA) is 49.6 Å². The van der Waals surface area contributed by atoms with E-state index in [2.05, 4.69) is 32.7 Å². The number of thiocarbonyl (C=S) groups is 1. The van der Waals surface area contributed by atoms with Crippen LogP contribution in [-0.2, 0) is 4.79 Å². The monoisotopic (exact) mass is 313 g/mol. The number of nitrogens with zero attached hydrogens (tertiary/aromatic N) is 2. The summed E-state index contributed by atoms with van der Waals surface area (Å²) >= 11 is 5.31. The molecule has 0 aromatic heterocycles. The molecule has 5 heteroatoms. The van der Waals surface area contributed by atoms with Crippen molar-refractivity contribution in [3.8, 4) is 0 Å². The summed E-state index contributed by atoms with van der Waals surface area (Å²) < 4.78 is 0. The summed E-state index contributed by atoms with van der Waals surface area (Å²) in [5.41, 5.74) is 5.39. The minimum atomic E-state index is -0.632. The highest BCUT2D eigenvalue weighted by Crippen LogP contribution is 2.33. The molecule has 0 aromatic rings. The third-order valence-corrected chi connectivity index (χ3v) is 5.16. The van der Waals surface area contributed by atoms with Gasteiger partial charge in [-0.1, -0.05) is 45.8 Å². The second-order valence-electron chi connectivity index (χ2n) is 6.24. The lowest BCUT2D eigenvalue weighted by Crippen LogP contribution is -2.58. The van der Waals surface area contributed by atoms with Gasteiger partial charge in [-0.15, -0.1) is 0 Å². The van der Waals surface area contributed by atoms with Crippen LogP contribution in [0.25, 0.3) is 0 Å². The Hall–Kier alpha value is -0.680. The predicted octanol–water partition coefficient (Wildman–Crippen LogP) is 2.41.